The van der Waals surface area contributed by atoms with Crippen LogP contribution in [0.3, 0.4) is 0 Å². The Morgan fingerprint density at radius 2 is 1.48 bits per heavy atom. The van der Waals surface area contributed by atoms with Crippen molar-refractivity contribution in [2.24, 2.45) is 0 Å². The van der Waals surface area contributed by atoms with Crippen LogP contribution in [0.5, 0.6) is 5.75 Å². The predicted molar refractivity (Wildman–Crippen MR) is 103 cm³/mol. The van der Waals surface area contributed by atoms with E-state index in [0.717, 1.165) is 11.3 Å². The minimum absolute atomic E-state index is 0.181. The number of rotatable bonds is 7. The summed E-state index contributed by atoms with van der Waals surface area (Å²) in [5.41, 5.74) is 1.97. The Balaban J connectivity index is 1.84. The first-order chi connectivity index (χ1) is 12.3. The molecule has 0 aliphatic heterocycles. The van der Waals surface area contributed by atoms with E-state index in [-0.39, 0.29) is 25.6 Å². The molecule has 3 heteroatoms. The van der Waals surface area contributed by atoms with Crippen LogP contribution < -0.4 is 9.20 Å². The first-order valence-electron chi connectivity index (χ1n) is 8.20. The number of methoxy groups -OCH3 is 1. The van der Waals surface area contributed by atoms with Crippen LogP contribution in [-0.2, 0) is 0 Å². The average Bonchev–Trinajstić information content (AvgIpc) is 2.69. The summed E-state index contributed by atoms with van der Waals surface area (Å²) >= 11 is 0.181. The number of benzene rings is 3. The van der Waals surface area contributed by atoms with Gasteiger partial charge in [-0.1, -0.05) is 0 Å². The molecule has 3 aromatic carbocycles. The van der Waals surface area contributed by atoms with E-state index in [4.69, 9.17) is 4.74 Å². The summed E-state index contributed by atoms with van der Waals surface area (Å²) in [6.07, 6.45) is 0.519. The van der Waals surface area contributed by atoms with E-state index in [9.17, 15) is 4.79 Å². The van der Waals surface area contributed by atoms with E-state index in [1.165, 1.54) is 10.0 Å². The second kappa shape index (κ2) is 8.66. The summed E-state index contributed by atoms with van der Waals surface area (Å²) < 4.78 is 6.56. The van der Waals surface area contributed by atoms with Gasteiger partial charge in [0.1, 0.15) is 0 Å². The van der Waals surface area contributed by atoms with Gasteiger partial charge in [-0.25, -0.2) is 0 Å². The van der Waals surface area contributed by atoms with Gasteiger partial charge in [0.25, 0.3) is 0 Å². The fraction of sp³-hybridized carbons (Fsp3) is 0.136. The molecule has 0 aliphatic carbocycles. The molecule has 0 aliphatic rings. The maximum atomic E-state index is 12.7. The van der Waals surface area contributed by atoms with Gasteiger partial charge < -0.3 is 0 Å². The van der Waals surface area contributed by atoms with E-state index < -0.39 is 0 Å². The van der Waals surface area contributed by atoms with Crippen LogP contribution >= 0.6 is 0 Å². The molecule has 126 valence electrons. The van der Waals surface area contributed by atoms with Crippen molar-refractivity contribution < 1.29 is 9.53 Å². The zero-order valence-corrected chi connectivity index (χ0v) is 15.8. The molecule has 0 radical (unpaired) electrons. The van der Waals surface area contributed by atoms with Crippen LogP contribution in [0.1, 0.15) is 27.2 Å². The topological polar surface area (TPSA) is 26.3 Å². The zero-order chi connectivity index (χ0) is 17.5. The van der Waals surface area contributed by atoms with Crippen LogP contribution in [0.2, 0.25) is 0 Å². The number of Topliss-reactive ketones (excluding diaryl/α,β-unsaturated/α-hetero) is 1. The Morgan fingerprint density at radius 3 is 2.08 bits per heavy atom. The molecule has 3 aromatic rings. The van der Waals surface area contributed by atoms with Crippen molar-refractivity contribution in [2.45, 2.75) is 11.2 Å². The molecule has 0 heterocycles. The van der Waals surface area contributed by atoms with Crippen molar-refractivity contribution in [1.82, 2.24) is 0 Å². The van der Waals surface area contributed by atoms with Crippen LogP contribution in [0.15, 0.2) is 84.9 Å². The van der Waals surface area contributed by atoms with Gasteiger partial charge in [-0.2, -0.15) is 0 Å². The Hall–Kier alpha value is -2.35. The van der Waals surface area contributed by atoms with Crippen LogP contribution in [0.25, 0.3) is 0 Å². The average molecular weight is 395 g/mol. The van der Waals surface area contributed by atoms with Crippen LogP contribution in [-0.4, -0.2) is 27.8 Å². The number of ether oxygens (including phenoxy) is 1. The summed E-state index contributed by atoms with van der Waals surface area (Å²) in [4.78, 5) is 12.9. The molecule has 0 N–H and O–H groups in total. The van der Waals surface area contributed by atoms with E-state index in [1.54, 1.807) is 7.11 Å². The Labute approximate surface area is 155 Å². The van der Waals surface area contributed by atoms with Gasteiger partial charge in [0.15, 0.2) is 0 Å². The molecule has 1 atom stereocenters. The van der Waals surface area contributed by atoms with Gasteiger partial charge in [-0.15, -0.1) is 0 Å². The fourth-order valence-corrected chi connectivity index (χ4v) is 5.08. The molecule has 3 rings (SSSR count). The van der Waals surface area contributed by atoms with Crippen molar-refractivity contribution in [3.05, 3.63) is 96.1 Å². The molecule has 0 spiro atoms. The predicted octanol–water partition coefficient (Wildman–Crippen LogP) is 4.04. The van der Waals surface area contributed by atoms with Gasteiger partial charge >= 0.3 is 155 Å². The first-order valence-corrected chi connectivity index (χ1v) is 10.0. The van der Waals surface area contributed by atoms with E-state index in [0.29, 0.717) is 6.42 Å². The number of carbonyl (C=O) groups is 1. The summed E-state index contributed by atoms with van der Waals surface area (Å²) in [5, 5.41) is 0. The van der Waals surface area contributed by atoms with Crippen molar-refractivity contribution in [3.63, 3.8) is 0 Å². The Morgan fingerprint density at radius 1 is 0.880 bits per heavy atom. The Bertz CT molecular complexity index is 798. The number of carbonyl (C=O) groups excluding carboxylic acids is 1. The molecule has 0 aromatic heterocycles. The number of hydrogen-bond acceptors (Lipinski definition) is 2. The second-order valence-electron chi connectivity index (χ2n) is 5.69. The quantitative estimate of drug-likeness (QED) is 0.446. The molecular weight excluding hydrogens is 375 g/mol. The zero-order valence-electron chi connectivity index (χ0n) is 14.1. The van der Waals surface area contributed by atoms with Gasteiger partial charge in [-0.3, -0.25) is 0 Å². The minimum atomic E-state index is 0.181. The summed E-state index contributed by atoms with van der Waals surface area (Å²) in [6, 6.07) is 28.1. The van der Waals surface area contributed by atoms with E-state index in [1.807, 2.05) is 48.5 Å². The van der Waals surface area contributed by atoms with Crippen molar-refractivity contribution in [2.75, 3.05) is 7.11 Å². The molecule has 0 amide bonds. The third kappa shape index (κ3) is 4.82. The fourth-order valence-electron chi connectivity index (χ4n) is 2.62. The van der Waals surface area contributed by atoms with Crippen molar-refractivity contribution >= 4 is 25.2 Å². The molecule has 2 nitrogen and oxygen atoms in total. The molecular formula is C22H20O2Se. The molecule has 0 saturated carbocycles. The standard InChI is InChI=1S/C22H20O2Se/c1-24-19-14-12-18(13-15-19)22(25-20-10-6-3-7-11-20)16-21(23)17-8-4-2-5-9-17/h2-15,22H,16H2,1H3. The molecule has 0 saturated heterocycles. The van der Waals surface area contributed by atoms with E-state index in [2.05, 4.69) is 36.4 Å². The van der Waals surface area contributed by atoms with Gasteiger partial charge in [0.2, 0.25) is 0 Å². The van der Waals surface area contributed by atoms with Crippen LogP contribution in [0, 0.1) is 0 Å². The van der Waals surface area contributed by atoms with Crippen molar-refractivity contribution in [3.8, 4) is 5.75 Å². The molecule has 25 heavy (non-hydrogen) atoms. The molecule has 0 bridgehead atoms. The monoisotopic (exact) mass is 396 g/mol. The van der Waals surface area contributed by atoms with Crippen molar-refractivity contribution in [1.29, 1.82) is 0 Å². The molecule has 0 fully saturated rings. The van der Waals surface area contributed by atoms with E-state index >= 15 is 0 Å². The molecule has 1 unspecified atom stereocenters. The van der Waals surface area contributed by atoms with Gasteiger partial charge in [-0.05, 0) is 0 Å². The summed E-state index contributed by atoms with van der Waals surface area (Å²) in [5.74, 6) is 1.03. The summed E-state index contributed by atoms with van der Waals surface area (Å²) in [6.45, 7) is 0. The number of hydrogen-bond donors (Lipinski definition) is 0. The van der Waals surface area contributed by atoms with Gasteiger partial charge in [0, 0.05) is 0 Å². The maximum absolute atomic E-state index is 12.7. The SMILES string of the molecule is COc1ccc(C(CC(=O)c2ccccc2)[Se]c2ccccc2)cc1. The Kier molecular flexibility index (Phi) is 6.05. The summed E-state index contributed by atoms with van der Waals surface area (Å²) in [7, 11) is 1.67. The normalized spacial score (nSPS) is 11.7. The number of ketones is 1. The third-order valence-corrected chi connectivity index (χ3v) is 6.64. The van der Waals surface area contributed by atoms with Crippen LogP contribution in [0.4, 0.5) is 0 Å². The van der Waals surface area contributed by atoms with Gasteiger partial charge in [0.05, 0.1) is 0 Å². The third-order valence-electron chi connectivity index (χ3n) is 3.98. The second-order valence-corrected chi connectivity index (χ2v) is 8.36. The first kappa shape index (κ1) is 17.5.